The first-order valence-electron chi connectivity index (χ1n) is 39.5. The fraction of sp³-hybridized carbons (Fsp3) is 0. The van der Waals surface area contributed by atoms with Gasteiger partial charge in [0.15, 0.2) is 11.0 Å². The van der Waals surface area contributed by atoms with Crippen molar-refractivity contribution in [3.8, 4) is 50.6 Å². The van der Waals surface area contributed by atoms with Crippen molar-refractivity contribution in [1.29, 1.82) is 0 Å². The van der Waals surface area contributed by atoms with Crippen molar-refractivity contribution < 1.29 is 8.83 Å². The number of para-hydroxylation sites is 2. The molecule has 0 aliphatic rings. The first-order valence-corrected chi connectivity index (χ1v) is 39.9. The van der Waals surface area contributed by atoms with Crippen molar-refractivity contribution >= 4 is 207 Å². The lowest BCUT2D eigenvalue weighted by Gasteiger charge is -2.16. The summed E-state index contributed by atoms with van der Waals surface area (Å²) in [5.74, 6) is 0.761. The Morgan fingerprint density at radius 3 is 1.13 bits per heavy atom. The minimum atomic E-state index is 0.367. The van der Waals surface area contributed by atoms with Crippen LogP contribution in [0.25, 0.3) is 246 Å². The molecule has 0 spiro atoms. The molecule has 0 atom stereocenters. The van der Waals surface area contributed by atoms with E-state index in [2.05, 4.69) is 330 Å². The Bertz CT molecular complexity index is 8610. The Labute approximate surface area is 673 Å². The summed E-state index contributed by atoms with van der Waals surface area (Å²) in [6.45, 7) is 0. The monoisotopic (exact) mass is 1510 g/mol. The molecular formula is C108H63ClN6O2. The number of hydrogen-bond acceptors (Lipinski definition) is 6. The van der Waals surface area contributed by atoms with Crippen molar-refractivity contribution in [3.05, 3.63) is 381 Å². The molecule has 544 valence electrons. The van der Waals surface area contributed by atoms with Crippen LogP contribution in [0, 0.1) is 0 Å². The second-order valence-corrected chi connectivity index (χ2v) is 30.7. The fourth-order valence-electron chi connectivity index (χ4n) is 18.8. The van der Waals surface area contributed by atoms with Gasteiger partial charge in [-0.1, -0.05) is 327 Å². The molecule has 0 amide bonds. The number of nitrogens with zero attached hydrogens (tertiary/aromatic N) is 5. The van der Waals surface area contributed by atoms with Crippen LogP contribution in [-0.4, -0.2) is 29.5 Å². The summed E-state index contributed by atoms with van der Waals surface area (Å²) in [4.78, 5) is 24.2. The molecule has 117 heavy (non-hydrogen) atoms. The molecule has 26 aromatic rings. The first-order chi connectivity index (χ1) is 58.0. The van der Waals surface area contributed by atoms with Crippen LogP contribution in [0.5, 0.6) is 0 Å². The predicted molar refractivity (Wildman–Crippen MR) is 491 cm³/mol. The van der Waals surface area contributed by atoms with E-state index in [9.17, 15) is 0 Å². The minimum absolute atomic E-state index is 0.367. The second-order valence-electron chi connectivity index (χ2n) is 30.3. The minimum Gasteiger partial charge on any atom is -0.436 e. The maximum atomic E-state index is 6.64. The van der Waals surface area contributed by atoms with Gasteiger partial charge in [0, 0.05) is 65.3 Å². The Morgan fingerprint density at radius 1 is 0.239 bits per heavy atom. The molecule has 9 heteroatoms. The highest BCUT2D eigenvalue weighted by Gasteiger charge is 2.27. The normalized spacial score (nSPS) is 12.0. The molecule has 0 unspecified atom stereocenters. The quantitative estimate of drug-likeness (QED) is 0.172. The van der Waals surface area contributed by atoms with Gasteiger partial charge in [0.05, 0.1) is 11.0 Å². The van der Waals surface area contributed by atoms with Crippen molar-refractivity contribution in [3.63, 3.8) is 0 Å². The zero-order chi connectivity index (χ0) is 76.9. The number of aromatic amines is 1. The predicted octanol–water partition coefficient (Wildman–Crippen LogP) is 30.0. The Balaban J connectivity index is 0.000000111. The number of benzene rings is 20. The van der Waals surface area contributed by atoms with Gasteiger partial charge in [0.25, 0.3) is 0 Å². The van der Waals surface area contributed by atoms with Crippen LogP contribution in [0.4, 0.5) is 0 Å². The molecule has 6 aromatic heterocycles. The van der Waals surface area contributed by atoms with Crippen LogP contribution < -0.4 is 0 Å². The molecule has 0 aliphatic heterocycles. The highest BCUT2D eigenvalue weighted by atomic mass is 35.5. The van der Waals surface area contributed by atoms with Crippen molar-refractivity contribution in [2.45, 2.75) is 0 Å². The fourth-order valence-corrected chi connectivity index (χ4v) is 19.0. The van der Waals surface area contributed by atoms with Gasteiger partial charge in [0.2, 0.25) is 11.4 Å². The summed E-state index contributed by atoms with van der Waals surface area (Å²) in [5.41, 5.74) is 16.5. The Morgan fingerprint density at radius 2 is 0.607 bits per heavy atom. The Hall–Kier alpha value is -15.4. The molecule has 0 saturated carbocycles. The summed E-state index contributed by atoms with van der Waals surface area (Å²) in [6.07, 6.45) is 0. The topological polar surface area (TPSA) is 98.6 Å². The molecule has 0 saturated heterocycles. The Kier molecular flexibility index (Phi) is 14.9. The van der Waals surface area contributed by atoms with Crippen LogP contribution in [0.1, 0.15) is 0 Å². The molecule has 0 fully saturated rings. The summed E-state index contributed by atoms with van der Waals surface area (Å²) < 4.78 is 14.8. The number of nitrogens with one attached hydrogen (secondary N) is 1. The van der Waals surface area contributed by atoms with Gasteiger partial charge < -0.3 is 13.8 Å². The van der Waals surface area contributed by atoms with E-state index in [-0.39, 0.29) is 0 Å². The van der Waals surface area contributed by atoms with Gasteiger partial charge in [-0.2, -0.15) is 0 Å². The lowest BCUT2D eigenvalue weighted by Crippen LogP contribution is -2.03. The number of rotatable bonds is 5. The van der Waals surface area contributed by atoms with E-state index in [1.54, 1.807) is 0 Å². The SMILES string of the molecule is Clc1nc2c(nc1-c1ccc(-c3ccccc3)c3ccccc13)oc1ccccc12.c1ccc(-c2ccc(-c3nc4oc5ccccc5c4nc3-n3c4cc5ccccc5cc4c4c5c6ccccc6c6ccccc6c5ccc43)c3ccccc23)cc1.c1ccc2cc3c(cc2c1)[nH]c1ccc2c4ccccc4c4ccccc4c2c13. The third kappa shape index (κ3) is 10.4. The standard InChI is InChI=1S/C54H31N3O.C28H17N.C26H15ClN2O/c1-2-14-32(15-3-1)35-26-27-43(40-22-9-6-18-36(35)40)51-53(55-52-44-24-12-13-25-48(44)58-54(52)56-51)57-46-29-28-42-39-21-8-7-19-37(39)38-20-10-11-23-41(38)49(42)50(46)45-30-33-16-4-5-17-34(33)31-47(45)57;1-2-8-18-16-26-24(15-17(18)7-1)28-25(29-26)14-13-23-21-11-4-3-9-19(21)20-10-5-6-12-22(20)27(23)28;27-25-23(29-26-24(28-25)21-12-6-7-13-22(21)30-26)20-15-14-17(16-8-2-1-3-9-16)18-10-4-5-11-19(18)20/h1-31H;1-16,29H;1-15H. The van der Waals surface area contributed by atoms with Crippen molar-refractivity contribution in [1.82, 2.24) is 29.5 Å². The number of aromatic nitrogens is 6. The van der Waals surface area contributed by atoms with Gasteiger partial charge in [-0.25, -0.2) is 19.9 Å². The van der Waals surface area contributed by atoms with Gasteiger partial charge in [-0.15, -0.1) is 0 Å². The third-order valence-corrected chi connectivity index (χ3v) is 24.2. The molecule has 8 nitrogen and oxygen atoms in total. The van der Waals surface area contributed by atoms with Gasteiger partial charge in [0.1, 0.15) is 33.6 Å². The average Bonchev–Trinajstić information content (AvgIpc) is 1.57. The number of hydrogen-bond donors (Lipinski definition) is 1. The van der Waals surface area contributed by atoms with Gasteiger partial charge in [-0.3, -0.25) is 4.57 Å². The molecule has 1 N–H and O–H groups in total. The smallest absolute Gasteiger partial charge is 0.247 e. The lowest BCUT2D eigenvalue weighted by molar-refractivity contribution is 0.653. The maximum absolute atomic E-state index is 6.64. The van der Waals surface area contributed by atoms with E-state index in [1.807, 2.05) is 60.7 Å². The summed E-state index contributed by atoms with van der Waals surface area (Å²) in [7, 11) is 0. The van der Waals surface area contributed by atoms with E-state index >= 15 is 0 Å². The third-order valence-electron chi connectivity index (χ3n) is 23.9. The molecule has 0 aliphatic carbocycles. The number of H-pyrrole nitrogens is 1. The van der Waals surface area contributed by atoms with E-state index in [0.717, 1.165) is 82.7 Å². The van der Waals surface area contributed by atoms with Crippen LogP contribution >= 0.6 is 11.6 Å². The average molecular weight is 1510 g/mol. The lowest BCUT2D eigenvalue weighted by atomic mass is 9.91. The van der Waals surface area contributed by atoms with Crippen LogP contribution in [0.15, 0.2) is 385 Å². The van der Waals surface area contributed by atoms with Crippen LogP contribution in [0.3, 0.4) is 0 Å². The summed E-state index contributed by atoms with van der Waals surface area (Å²) in [6, 6.07) is 133. The zero-order valence-corrected chi connectivity index (χ0v) is 63.5. The molecule has 20 aromatic carbocycles. The molecule has 26 rings (SSSR count). The van der Waals surface area contributed by atoms with Crippen molar-refractivity contribution in [2.24, 2.45) is 0 Å². The molecular weight excluding hydrogens is 1450 g/mol. The highest BCUT2D eigenvalue weighted by Crippen LogP contribution is 2.49. The van der Waals surface area contributed by atoms with E-state index < -0.39 is 0 Å². The van der Waals surface area contributed by atoms with E-state index in [1.165, 1.54) is 141 Å². The van der Waals surface area contributed by atoms with E-state index in [0.29, 0.717) is 27.8 Å². The largest absolute Gasteiger partial charge is 0.436 e. The summed E-state index contributed by atoms with van der Waals surface area (Å²) >= 11 is 6.64. The highest BCUT2D eigenvalue weighted by molar-refractivity contribution is 6.38. The summed E-state index contributed by atoms with van der Waals surface area (Å²) in [5, 5.41) is 32.0. The molecule has 6 heterocycles. The number of furan rings is 2. The number of halogens is 1. The van der Waals surface area contributed by atoms with Crippen LogP contribution in [-0.2, 0) is 0 Å². The van der Waals surface area contributed by atoms with Gasteiger partial charge in [-0.05, 0) is 180 Å². The molecule has 0 bridgehead atoms. The van der Waals surface area contributed by atoms with E-state index in [4.69, 9.17) is 35.4 Å². The van der Waals surface area contributed by atoms with Crippen molar-refractivity contribution in [2.75, 3.05) is 0 Å². The van der Waals surface area contributed by atoms with Crippen LogP contribution in [0.2, 0.25) is 5.15 Å². The first kappa shape index (κ1) is 66.3. The second kappa shape index (κ2) is 26.4. The maximum Gasteiger partial charge on any atom is 0.247 e. The van der Waals surface area contributed by atoms with Gasteiger partial charge >= 0.3 is 0 Å². The molecule has 0 radical (unpaired) electrons. The number of fused-ring (bicyclic) bond motifs is 30. The zero-order valence-electron chi connectivity index (χ0n) is 62.7.